The summed E-state index contributed by atoms with van der Waals surface area (Å²) < 4.78 is 29.8. The highest BCUT2D eigenvalue weighted by Crippen LogP contribution is 2.26. The lowest BCUT2D eigenvalue weighted by Crippen LogP contribution is -2.33. The van der Waals surface area contributed by atoms with Gasteiger partial charge in [0, 0.05) is 19.8 Å². The molecule has 24 heavy (non-hydrogen) atoms. The van der Waals surface area contributed by atoms with Gasteiger partial charge >= 0.3 is 0 Å². The van der Waals surface area contributed by atoms with Crippen LogP contribution in [0.3, 0.4) is 0 Å². The van der Waals surface area contributed by atoms with Crippen molar-refractivity contribution in [1.82, 2.24) is 4.57 Å². The van der Waals surface area contributed by atoms with Gasteiger partial charge in [-0.05, 0) is 41.5 Å². The maximum Gasteiger partial charge on any atom is 0.265 e. The summed E-state index contributed by atoms with van der Waals surface area (Å²) in [5.41, 5.74) is 0. The third kappa shape index (κ3) is 3.04. The van der Waals surface area contributed by atoms with E-state index in [0.29, 0.717) is 17.3 Å². The summed E-state index contributed by atoms with van der Waals surface area (Å²) in [6.45, 7) is 2.54. The van der Waals surface area contributed by atoms with Gasteiger partial charge < -0.3 is 4.57 Å². The smallest absolute Gasteiger partial charge is 0.265 e. The lowest BCUT2D eigenvalue weighted by Gasteiger charge is -2.25. The Labute approximate surface area is 143 Å². The van der Waals surface area contributed by atoms with Crippen molar-refractivity contribution in [2.45, 2.75) is 24.7 Å². The lowest BCUT2D eigenvalue weighted by atomic mass is 10.1. The topological polar surface area (TPSA) is 42.3 Å². The van der Waals surface area contributed by atoms with E-state index in [1.165, 1.54) is 4.31 Å². The van der Waals surface area contributed by atoms with Crippen LogP contribution in [0.1, 0.15) is 19.8 Å². The Bertz CT molecular complexity index is 945. The fraction of sp³-hybridized carbons (Fsp3) is 0.263. The monoisotopic (exact) mass is 342 g/mol. The molecule has 4 nitrogen and oxygen atoms in total. The number of sulfonamides is 1. The first kappa shape index (κ1) is 16.6. The number of fused-ring (bicyclic) bond motifs is 1. The summed E-state index contributed by atoms with van der Waals surface area (Å²) in [5, 5.41) is 1.97. The Morgan fingerprint density at radius 1 is 1.00 bits per heavy atom. The third-order valence-electron chi connectivity index (χ3n) is 4.20. The molecule has 0 aliphatic heterocycles. The number of rotatable bonds is 6. The van der Waals surface area contributed by atoms with E-state index in [4.69, 9.17) is 0 Å². The zero-order valence-corrected chi connectivity index (χ0v) is 14.8. The van der Waals surface area contributed by atoms with Crippen molar-refractivity contribution in [1.29, 1.82) is 0 Å². The zero-order valence-electron chi connectivity index (χ0n) is 14.0. The predicted molar refractivity (Wildman–Crippen MR) is 98.8 cm³/mol. The van der Waals surface area contributed by atoms with Crippen LogP contribution in [-0.4, -0.2) is 19.5 Å². The van der Waals surface area contributed by atoms with Gasteiger partial charge in [-0.2, -0.15) is 0 Å². The summed E-state index contributed by atoms with van der Waals surface area (Å²) in [6, 6.07) is 16.8. The second-order valence-electron chi connectivity index (χ2n) is 5.92. The van der Waals surface area contributed by atoms with Crippen LogP contribution in [0.2, 0.25) is 0 Å². The highest BCUT2D eigenvalue weighted by Gasteiger charge is 2.26. The molecule has 3 aromatic rings. The van der Waals surface area contributed by atoms with Crippen LogP contribution in [0, 0.1) is 0 Å². The van der Waals surface area contributed by atoms with E-state index in [-0.39, 0.29) is 0 Å². The van der Waals surface area contributed by atoms with E-state index in [1.807, 2.05) is 60.3 Å². The molecule has 0 saturated carbocycles. The van der Waals surface area contributed by atoms with E-state index < -0.39 is 10.0 Å². The minimum atomic E-state index is -3.60. The SMILES string of the molecule is CCCCN(c1cccn1C)S(=O)(=O)c1ccc2ccccc2c1. The first-order chi connectivity index (χ1) is 11.5. The molecule has 0 spiro atoms. The molecular weight excluding hydrogens is 320 g/mol. The van der Waals surface area contributed by atoms with Crippen LogP contribution in [0.25, 0.3) is 10.8 Å². The van der Waals surface area contributed by atoms with Gasteiger partial charge in [0.15, 0.2) is 0 Å². The molecule has 0 amide bonds. The first-order valence-corrected chi connectivity index (χ1v) is 9.61. The molecule has 1 aromatic heterocycles. The van der Waals surface area contributed by atoms with Crippen molar-refractivity contribution in [2.24, 2.45) is 7.05 Å². The molecule has 0 bridgehead atoms. The van der Waals surface area contributed by atoms with E-state index in [2.05, 4.69) is 6.92 Å². The first-order valence-electron chi connectivity index (χ1n) is 8.17. The molecule has 126 valence electrons. The highest BCUT2D eigenvalue weighted by atomic mass is 32.2. The average molecular weight is 342 g/mol. The Morgan fingerprint density at radius 2 is 1.75 bits per heavy atom. The van der Waals surface area contributed by atoms with Crippen molar-refractivity contribution in [3.05, 3.63) is 60.8 Å². The van der Waals surface area contributed by atoms with Gasteiger partial charge in [0.1, 0.15) is 5.82 Å². The van der Waals surface area contributed by atoms with Crippen molar-refractivity contribution < 1.29 is 8.42 Å². The molecular formula is C19H22N2O2S. The standard InChI is InChI=1S/C19H22N2O2S/c1-3-4-14-21(19-10-7-13-20(19)2)24(22,23)18-12-11-16-8-5-6-9-17(16)15-18/h5-13,15H,3-4,14H2,1-2H3. The van der Waals surface area contributed by atoms with Gasteiger partial charge in [0.2, 0.25) is 0 Å². The molecule has 0 aliphatic rings. The Kier molecular flexibility index (Phi) is 4.62. The molecule has 0 unspecified atom stereocenters. The number of hydrogen-bond acceptors (Lipinski definition) is 2. The number of unbranched alkanes of at least 4 members (excludes halogenated alkanes) is 1. The van der Waals surface area contributed by atoms with E-state index in [9.17, 15) is 8.42 Å². The summed E-state index contributed by atoms with van der Waals surface area (Å²) >= 11 is 0. The number of hydrogen-bond donors (Lipinski definition) is 0. The predicted octanol–water partition coefficient (Wildman–Crippen LogP) is 4.17. The van der Waals surface area contributed by atoms with Gasteiger partial charge in [0.25, 0.3) is 10.0 Å². The van der Waals surface area contributed by atoms with Crippen LogP contribution in [0.5, 0.6) is 0 Å². The van der Waals surface area contributed by atoms with Gasteiger partial charge in [-0.1, -0.05) is 43.7 Å². The van der Waals surface area contributed by atoms with Crippen LogP contribution in [-0.2, 0) is 17.1 Å². The van der Waals surface area contributed by atoms with Crippen LogP contribution in [0.4, 0.5) is 5.82 Å². The Hall–Kier alpha value is -2.27. The number of nitrogens with zero attached hydrogens (tertiary/aromatic N) is 2. The number of aromatic nitrogens is 1. The molecule has 3 rings (SSSR count). The van der Waals surface area contributed by atoms with Crippen molar-refractivity contribution >= 4 is 26.6 Å². The quantitative estimate of drug-likeness (QED) is 0.674. The third-order valence-corrected chi connectivity index (χ3v) is 6.00. The fourth-order valence-corrected chi connectivity index (χ4v) is 4.40. The zero-order chi connectivity index (χ0) is 17.2. The molecule has 0 atom stereocenters. The highest BCUT2D eigenvalue weighted by molar-refractivity contribution is 7.92. The molecule has 0 saturated heterocycles. The van der Waals surface area contributed by atoms with Crippen LogP contribution >= 0.6 is 0 Å². The molecule has 0 N–H and O–H groups in total. The fourth-order valence-electron chi connectivity index (χ4n) is 2.83. The van der Waals surface area contributed by atoms with E-state index in [0.717, 1.165) is 23.6 Å². The van der Waals surface area contributed by atoms with Crippen LogP contribution in [0.15, 0.2) is 65.7 Å². The molecule has 1 heterocycles. The maximum atomic E-state index is 13.2. The molecule has 0 radical (unpaired) electrons. The molecule has 0 aliphatic carbocycles. The van der Waals surface area contributed by atoms with Gasteiger partial charge in [-0.3, -0.25) is 4.31 Å². The lowest BCUT2D eigenvalue weighted by molar-refractivity contribution is 0.587. The summed E-state index contributed by atoms with van der Waals surface area (Å²) in [7, 11) is -1.73. The Morgan fingerprint density at radius 3 is 2.42 bits per heavy atom. The normalized spacial score (nSPS) is 11.8. The Balaban J connectivity index is 2.08. The maximum absolute atomic E-state index is 13.2. The van der Waals surface area contributed by atoms with Crippen molar-refractivity contribution in [3.63, 3.8) is 0 Å². The van der Waals surface area contributed by atoms with Gasteiger partial charge in [-0.15, -0.1) is 0 Å². The number of anilines is 1. The molecule has 2 aromatic carbocycles. The minimum absolute atomic E-state index is 0.332. The second kappa shape index (κ2) is 6.69. The summed E-state index contributed by atoms with van der Waals surface area (Å²) in [5.74, 6) is 0.691. The minimum Gasteiger partial charge on any atom is -0.337 e. The van der Waals surface area contributed by atoms with Gasteiger partial charge in [-0.25, -0.2) is 8.42 Å². The van der Waals surface area contributed by atoms with Crippen LogP contribution < -0.4 is 4.31 Å². The number of benzene rings is 2. The number of aryl methyl sites for hydroxylation is 1. The summed E-state index contributed by atoms with van der Waals surface area (Å²) in [4.78, 5) is 0.332. The van der Waals surface area contributed by atoms with Crippen molar-refractivity contribution in [2.75, 3.05) is 10.8 Å². The van der Waals surface area contributed by atoms with Gasteiger partial charge in [0.05, 0.1) is 4.90 Å². The average Bonchev–Trinajstić information content (AvgIpc) is 3.00. The second-order valence-corrected chi connectivity index (χ2v) is 7.78. The largest absolute Gasteiger partial charge is 0.337 e. The van der Waals surface area contributed by atoms with Crippen molar-refractivity contribution in [3.8, 4) is 0 Å². The molecule has 5 heteroatoms. The summed E-state index contributed by atoms with van der Waals surface area (Å²) in [6.07, 6.45) is 3.62. The van der Waals surface area contributed by atoms with E-state index >= 15 is 0 Å². The van der Waals surface area contributed by atoms with E-state index in [1.54, 1.807) is 12.1 Å². The molecule has 0 fully saturated rings.